The van der Waals surface area contributed by atoms with E-state index in [2.05, 4.69) is 29.8 Å². The molecule has 1 aromatic rings. The zero-order valence-corrected chi connectivity index (χ0v) is 9.35. The lowest BCUT2D eigenvalue weighted by Crippen LogP contribution is -2.38. The van der Waals surface area contributed by atoms with Gasteiger partial charge in [-0.15, -0.1) is 11.3 Å². The van der Waals surface area contributed by atoms with Crippen molar-refractivity contribution in [2.24, 2.45) is 0 Å². The Morgan fingerprint density at radius 1 is 1.64 bits per heavy atom. The zero-order chi connectivity index (χ0) is 9.80. The summed E-state index contributed by atoms with van der Waals surface area (Å²) in [7, 11) is 0. The summed E-state index contributed by atoms with van der Waals surface area (Å²) in [5, 5.41) is 5.74. The summed E-state index contributed by atoms with van der Waals surface area (Å²) in [5.41, 5.74) is 0. The summed E-state index contributed by atoms with van der Waals surface area (Å²) in [4.78, 5) is 1.41. The van der Waals surface area contributed by atoms with Crippen molar-refractivity contribution in [3.63, 3.8) is 0 Å². The predicted octanol–water partition coefficient (Wildman–Crippen LogP) is 2.58. The number of thiophene rings is 1. The van der Waals surface area contributed by atoms with E-state index in [1.165, 1.54) is 17.7 Å². The van der Waals surface area contributed by atoms with E-state index < -0.39 is 0 Å². The first kappa shape index (κ1) is 10.1. The van der Waals surface area contributed by atoms with Crippen molar-refractivity contribution in [2.45, 2.75) is 31.8 Å². The highest BCUT2D eigenvalue weighted by atomic mass is 32.1. The zero-order valence-electron chi connectivity index (χ0n) is 8.53. The summed E-state index contributed by atoms with van der Waals surface area (Å²) in [5.74, 6) is 0. The number of ether oxygens (including phenoxy) is 1. The molecular formula is C11H17NOS. The quantitative estimate of drug-likeness (QED) is 0.829. The van der Waals surface area contributed by atoms with Gasteiger partial charge in [-0.05, 0) is 31.2 Å². The predicted molar refractivity (Wildman–Crippen MR) is 59.7 cm³/mol. The first-order chi connectivity index (χ1) is 6.86. The van der Waals surface area contributed by atoms with Crippen LogP contribution in [0.5, 0.6) is 0 Å². The SMILES string of the molecule is CC(N[C@@H]1CCCOC1)c1cccs1. The Morgan fingerprint density at radius 2 is 2.57 bits per heavy atom. The molecule has 2 atom stereocenters. The van der Waals surface area contributed by atoms with E-state index in [1.54, 1.807) is 0 Å². The van der Waals surface area contributed by atoms with Crippen molar-refractivity contribution >= 4 is 11.3 Å². The molecule has 1 saturated heterocycles. The first-order valence-electron chi connectivity index (χ1n) is 5.23. The van der Waals surface area contributed by atoms with Crippen LogP contribution in [0.1, 0.15) is 30.7 Å². The number of hydrogen-bond acceptors (Lipinski definition) is 3. The second-order valence-electron chi connectivity index (χ2n) is 3.82. The standard InChI is InChI=1S/C11H17NOS/c1-9(11-5-3-7-14-11)12-10-4-2-6-13-8-10/h3,5,7,9-10,12H,2,4,6,8H2,1H3/t9?,10-/m1/s1. The van der Waals surface area contributed by atoms with Gasteiger partial charge in [0.05, 0.1) is 6.61 Å². The maximum atomic E-state index is 5.44. The molecule has 0 aromatic carbocycles. The van der Waals surface area contributed by atoms with Crippen molar-refractivity contribution in [1.82, 2.24) is 5.32 Å². The Labute approximate surface area is 89.3 Å². The van der Waals surface area contributed by atoms with Gasteiger partial charge in [-0.25, -0.2) is 0 Å². The summed E-state index contributed by atoms with van der Waals surface area (Å²) in [6, 6.07) is 5.30. The van der Waals surface area contributed by atoms with E-state index in [4.69, 9.17) is 4.74 Å². The van der Waals surface area contributed by atoms with Crippen LogP contribution in [0.3, 0.4) is 0 Å². The maximum Gasteiger partial charge on any atom is 0.0619 e. The normalized spacial score (nSPS) is 24.8. The fourth-order valence-corrected chi connectivity index (χ4v) is 2.59. The van der Waals surface area contributed by atoms with Gasteiger partial charge in [-0.2, -0.15) is 0 Å². The minimum absolute atomic E-state index is 0.460. The molecule has 2 heterocycles. The van der Waals surface area contributed by atoms with Gasteiger partial charge in [0, 0.05) is 23.6 Å². The molecule has 0 bridgehead atoms. The van der Waals surface area contributed by atoms with Crippen molar-refractivity contribution in [2.75, 3.05) is 13.2 Å². The summed E-state index contributed by atoms with van der Waals surface area (Å²) in [6.07, 6.45) is 2.44. The maximum absolute atomic E-state index is 5.44. The highest BCUT2D eigenvalue weighted by molar-refractivity contribution is 7.10. The van der Waals surface area contributed by atoms with Gasteiger partial charge in [0.2, 0.25) is 0 Å². The van der Waals surface area contributed by atoms with E-state index in [9.17, 15) is 0 Å². The Hall–Kier alpha value is -0.380. The van der Waals surface area contributed by atoms with Crippen LogP contribution in [0.4, 0.5) is 0 Å². The van der Waals surface area contributed by atoms with Gasteiger partial charge in [0.1, 0.15) is 0 Å². The number of rotatable bonds is 3. The first-order valence-corrected chi connectivity index (χ1v) is 6.11. The van der Waals surface area contributed by atoms with Crippen LogP contribution >= 0.6 is 11.3 Å². The highest BCUT2D eigenvalue weighted by Crippen LogP contribution is 2.20. The van der Waals surface area contributed by atoms with Gasteiger partial charge in [-0.3, -0.25) is 0 Å². The van der Waals surface area contributed by atoms with Gasteiger partial charge in [0.15, 0.2) is 0 Å². The molecule has 0 saturated carbocycles. The van der Waals surface area contributed by atoms with Crippen LogP contribution in [-0.4, -0.2) is 19.3 Å². The molecule has 1 aromatic heterocycles. The molecule has 1 N–H and O–H groups in total. The third-order valence-electron chi connectivity index (χ3n) is 2.62. The second kappa shape index (κ2) is 4.91. The van der Waals surface area contributed by atoms with Gasteiger partial charge < -0.3 is 10.1 Å². The molecule has 1 aliphatic heterocycles. The lowest BCUT2D eigenvalue weighted by Gasteiger charge is -2.26. The van der Waals surface area contributed by atoms with Crippen LogP contribution in [0.15, 0.2) is 17.5 Å². The Kier molecular flexibility index (Phi) is 3.56. The van der Waals surface area contributed by atoms with Gasteiger partial charge in [0.25, 0.3) is 0 Å². The van der Waals surface area contributed by atoms with Crippen molar-refractivity contribution in [3.8, 4) is 0 Å². The molecule has 1 unspecified atom stereocenters. The lowest BCUT2D eigenvalue weighted by atomic mass is 10.1. The van der Waals surface area contributed by atoms with Crippen molar-refractivity contribution in [1.29, 1.82) is 0 Å². The Morgan fingerprint density at radius 3 is 3.21 bits per heavy atom. The fourth-order valence-electron chi connectivity index (χ4n) is 1.85. The van der Waals surface area contributed by atoms with Gasteiger partial charge >= 0.3 is 0 Å². The van der Waals surface area contributed by atoms with E-state index in [0.717, 1.165) is 13.2 Å². The monoisotopic (exact) mass is 211 g/mol. The molecular weight excluding hydrogens is 194 g/mol. The molecule has 2 nitrogen and oxygen atoms in total. The van der Waals surface area contributed by atoms with E-state index >= 15 is 0 Å². The average Bonchev–Trinajstić information content (AvgIpc) is 2.72. The molecule has 0 aliphatic carbocycles. The average molecular weight is 211 g/mol. The molecule has 0 amide bonds. The third kappa shape index (κ3) is 2.56. The van der Waals surface area contributed by atoms with Gasteiger partial charge in [-0.1, -0.05) is 6.07 Å². The minimum atomic E-state index is 0.460. The van der Waals surface area contributed by atoms with Crippen LogP contribution in [0.25, 0.3) is 0 Å². The third-order valence-corrected chi connectivity index (χ3v) is 3.67. The fraction of sp³-hybridized carbons (Fsp3) is 0.636. The molecule has 3 heteroatoms. The van der Waals surface area contributed by atoms with Crippen LogP contribution < -0.4 is 5.32 Å². The van der Waals surface area contributed by atoms with Crippen molar-refractivity contribution in [3.05, 3.63) is 22.4 Å². The van der Waals surface area contributed by atoms with E-state index in [1.807, 2.05) is 11.3 Å². The van der Waals surface area contributed by atoms with E-state index in [-0.39, 0.29) is 0 Å². The van der Waals surface area contributed by atoms with E-state index in [0.29, 0.717) is 12.1 Å². The topological polar surface area (TPSA) is 21.3 Å². The second-order valence-corrected chi connectivity index (χ2v) is 4.80. The molecule has 1 fully saturated rings. The molecule has 14 heavy (non-hydrogen) atoms. The lowest BCUT2D eigenvalue weighted by molar-refractivity contribution is 0.0672. The Balaban J connectivity index is 1.84. The largest absolute Gasteiger partial charge is 0.380 e. The summed E-state index contributed by atoms with van der Waals surface area (Å²) < 4.78 is 5.44. The molecule has 78 valence electrons. The molecule has 0 spiro atoms. The minimum Gasteiger partial charge on any atom is -0.380 e. The highest BCUT2D eigenvalue weighted by Gasteiger charge is 2.16. The van der Waals surface area contributed by atoms with Crippen LogP contribution in [-0.2, 0) is 4.74 Å². The van der Waals surface area contributed by atoms with Crippen LogP contribution in [0, 0.1) is 0 Å². The van der Waals surface area contributed by atoms with Crippen LogP contribution in [0.2, 0.25) is 0 Å². The summed E-state index contributed by atoms with van der Waals surface area (Å²) in [6.45, 7) is 4.03. The molecule has 2 rings (SSSR count). The number of nitrogens with one attached hydrogen (secondary N) is 1. The smallest absolute Gasteiger partial charge is 0.0619 e. The summed E-state index contributed by atoms with van der Waals surface area (Å²) >= 11 is 1.82. The Bertz CT molecular complexity index is 254. The number of hydrogen-bond donors (Lipinski definition) is 1. The molecule has 0 radical (unpaired) electrons. The molecule has 1 aliphatic rings. The van der Waals surface area contributed by atoms with Crippen molar-refractivity contribution < 1.29 is 4.74 Å².